The van der Waals surface area contributed by atoms with Crippen LogP contribution in [0, 0.1) is 22.7 Å². The molecule has 31 heavy (non-hydrogen) atoms. The number of hydrogen-bond donors (Lipinski definition) is 0. The molecule has 0 aliphatic heterocycles. The third-order valence-corrected chi connectivity index (χ3v) is 12.3. The number of rotatable bonds is 4. The largest absolute Gasteiger partial charge is 0.459 e. The Morgan fingerprint density at radius 1 is 1.32 bits per heavy atom. The zero-order chi connectivity index (χ0) is 22.8. The zero-order valence-electron chi connectivity index (χ0n) is 18.9. The van der Waals surface area contributed by atoms with Gasteiger partial charge in [0.05, 0.1) is 4.08 Å². The molecule has 4 aliphatic carbocycles. The normalized spacial score (nSPS) is 48.5. The predicted octanol–water partition coefficient (Wildman–Crippen LogP) is 5.69. The first kappa shape index (κ1) is 23.3. The summed E-state index contributed by atoms with van der Waals surface area (Å²) >= 11 is 3.70. The van der Waals surface area contributed by atoms with Crippen LogP contribution in [0.5, 0.6) is 0 Å². The van der Waals surface area contributed by atoms with Gasteiger partial charge in [-0.3, -0.25) is 9.59 Å². The van der Waals surface area contributed by atoms with Crippen molar-refractivity contribution in [1.29, 1.82) is 0 Å². The average Bonchev–Trinajstić information content (AvgIpc) is 2.98. The second-order valence-electron chi connectivity index (χ2n) is 9.87. The van der Waals surface area contributed by atoms with Crippen LogP contribution in [0.4, 0.5) is 8.78 Å². The molecule has 3 fully saturated rings. The van der Waals surface area contributed by atoms with Crippen LogP contribution in [0.2, 0.25) is 0 Å². The molecule has 0 N–H and O–H groups in total. The summed E-state index contributed by atoms with van der Waals surface area (Å²) < 4.78 is 38.7. The standard InChI is InChI=1S/C24H32F2O3S2/c1-6-31-23(30-5)10-8-16-17-12-19(25)18-11-15(28)7-9-21(18,3)24(17,26)20(29-14(2)27)13-22(16,23)4/h7,9,11,16-17,19-20H,6,8,10,12-13H2,1-5H3/t16-,17-,19-,20-,21-,22-,23+,24?/m0/s1. The molecule has 0 heterocycles. The molecule has 0 amide bonds. The molecule has 1 unspecified atom stereocenters. The smallest absolute Gasteiger partial charge is 0.303 e. The molecule has 172 valence electrons. The maximum absolute atomic E-state index is 17.6. The van der Waals surface area contributed by atoms with Crippen LogP contribution in [0.25, 0.3) is 0 Å². The molecule has 0 bridgehead atoms. The van der Waals surface area contributed by atoms with Crippen molar-refractivity contribution in [3.05, 3.63) is 23.8 Å². The molecular formula is C24H32F2O3S2. The van der Waals surface area contributed by atoms with Crippen molar-refractivity contribution < 1.29 is 23.1 Å². The molecule has 4 aliphatic rings. The zero-order valence-corrected chi connectivity index (χ0v) is 20.5. The summed E-state index contributed by atoms with van der Waals surface area (Å²) in [5.41, 5.74) is -3.37. The summed E-state index contributed by atoms with van der Waals surface area (Å²) in [6, 6.07) is 0. The Morgan fingerprint density at radius 2 is 2.03 bits per heavy atom. The molecular weight excluding hydrogens is 438 g/mol. The summed E-state index contributed by atoms with van der Waals surface area (Å²) in [6.45, 7) is 7.31. The summed E-state index contributed by atoms with van der Waals surface area (Å²) in [4.78, 5) is 24.1. The molecule has 0 aromatic heterocycles. The van der Waals surface area contributed by atoms with Crippen molar-refractivity contribution in [2.45, 2.75) is 75.4 Å². The summed E-state index contributed by atoms with van der Waals surface area (Å²) in [5.74, 6) is -0.501. The number of esters is 1. The lowest BCUT2D eigenvalue weighted by molar-refractivity contribution is -0.213. The van der Waals surface area contributed by atoms with Crippen molar-refractivity contribution in [3.63, 3.8) is 0 Å². The van der Waals surface area contributed by atoms with Crippen LogP contribution < -0.4 is 0 Å². The van der Waals surface area contributed by atoms with Crippen LogP contribution in [-0.4, -0.2) is 45.8 Å². The molecule has 0 spiro atoms. The first-order valence-electron chi connectivity index (χ1n) is 11.1. The highest BCUT2D eigenvalue weighted by molar-refractivity contribution is 8.18. The van der Waals surface area contributed by atoms with Gasteiger partial charge < -0.3 is 4.74 Å². The number of ether oxygens (including phenoxy) is 1. The van der Waals surface area contributed by atoms with Crippen LogP contribution >= 0.6 is 23.5 Å². The first-order valence-corrected chi connectivity index (χ1v) is 13.3. The number of fused-ring (bicyclic) bond motifs is 5. The van der Waals surface area contributed by atoms with Crippen LogP contribution in [0.15, 0.2) is 23.8 Å². The van der Waals surface area contributed by atoms with E-state index in [-0.39, 0.29) is 33.2 Å². The fourth-order valence-electron chi connectivity index (χ4n) is 7.31. The Bertz CT molecular complexity index is 860. The number of carbonyl (C=O) groups excluding carboxylic acids is 2. The SMILES string of the molecule is CCS[C@]1(SC)CC[C@H]2[C@@H]3C[C@H](F)C4=CC(=O)C=C[C@]4(C)C3(F)[C@@H](OC(C)=O)C[C@@]21C. The quantitative estimate of drug-likeness (QED) is 0.390. The number of thioether (sulfide) groups is 2. The lowest BCUT2D eigenvalue weighted by Crippen LogP contribution is -2.69. The van der Waals surface area contributed by atoms with Gasteiger partial charge in [-0.1, -0.05) is 19.9 Å². The third-order valence-electron chi connectivity index (χ3n) is 8.66. The number of carbonyl (C=O) groups is 2. The Balaban J connectivity index is 1.89. The van der Waals surface area contributed by atoms with Crippen LogP contribution in [0.3, 0.4) is 0 Å². The van der Waals surface area contributed by atoms with Crippen molar-refractivity contribution in [1.82, 2.24) is 0 Å². The Kier molecular flexibility index (Phi) is 5.73. The van der Waals surface area contributed by atoms with Crippen molar-refractivity contribution in [2.24, 2.45) is 22.7 Å². The number of allylic oxidation sites excluding steroid dienone is 4. The van der Waals surface area contributed by atoms with Crippen molar-refractivity contribution in [3.8, 4) is 0 Å². The number of alkyl halides is 2. The molecule has 8 atom stereocenters. The third kappa shape index (κ3) is 2.97. The number of ketones is 1. The van der Waals surface area contributed by atoms with E-state index in [0.717, 1.165) is 18.6 Å². The minimum atomic E-state index is -1.96. The summed E-state index contributed by atoms with van der Waals surface area (Å²) in [5, 5.41) is 0. The van der Waals surface area contributed by atoms with Crippen molar-refractivity contribution >= 4 is 35.3 Å². The predicted molar refractivity (Wildman–Crippen MR) is 123 cm³/mol. The lowest BCUT2D eigenvalue weighted by atomic mass is 9.45. The Labute approximate surface area is 192 Å². The first-order chi connectivity index (χ1) is 14.5. The maximum atomic E-state index is 17.6. The van der Waals surface area contributed by atoms with E-state index in [0.29, 0.717) is 6.42 Å². The highest BCUT2D eigenvalue weighted by atomic mass is 32.2. The van der Waals surface area contributed by atoms with E-state index in [4.69, 9.17) is 4.74 Å². The molecule has 3 nitrogen and oxygen atoms in total. The van der Waals surface area contributed by atoms with E-state index >= 15 is 8.78 Å². The Morgan fingerprint density at radius 3 is 2.65 bits per heavy atom. The minimum absolute atomic E-state index is 0.0153. The van der Waals surface area contributed by atoms with Gasteiger partial charge in [-0.15, -0.1) is 23.5 Å². The van der Waals surface area contributed by atoms with Gasteiger partial charge in [-0.2, -0.15) is 0 Å². The molecule has 0 radical (unpaired) electrons. The minimum Gasteiger partial charge on any atom is -0.459 e. The second-order valence-corrected chi connectivity index (χ2v) is 12.8. The van der Waals surface area contributed by atoms with Gasteiger partial charge in [0.15, 0.2) is 11.5 Å². The van der Waals surface area contributed by atoms with Gasteiger partial charge >= 0.3 is 5.97 Å². The number of hydrogen-bond acceptors (Lipinski definition) is 5. The molecule has 0 aromatic carbocycles. The van der Waals surface area contributed by atoms with Gasteiger partial charge in [-0.25, -0.2) is 8.78 Å². The van der Waals surface area contributed by atoms with Crippen molar-refractivity contribution in [2.75, 3.05) is 12.0 Å². The summed E-state index contributed by atoms with van der Waals surface area (Å²) in [6.07, 6.45) is 6.05. The van der Waals surface area contributed by atoms with Gasteiger partial charge in [0.1, 0.15) is 12.3 Å². The van der Waals surface area contributed by atoms with Crippen LogP contribution in [-0.2, 0) is 14.3 Å². The average molecular weight is 471 g/mol. The molecule has 3 saturated carbocycles. The van der Waals surface area contributed by atoms with Crippen LogP contribution in [0.1, 0.15) is 53.4 Å². The van der Waals surface area contributed by atoms with Gasteiger partial charge in [0.2, 0.25) is 0 Å². The fraction of sp³-hybridized carbons (Fsp3) is 0.750. The number of halogens is 2. The van der Waals surface area contributed by atoms with E-state index in [2.05, 4.69) is 20.1 Å². The lowest BCUT2D eigenvalue weighted by Gasteiger charge is -2.64. The van der Waals surface area contributed by atoms with Gasteiger partial charge in [0, 0.05) is 18.3 Å². The van der Waals surface area contributed by atoms with E-state index in [9.17, 15) is 9.59 Å². The highest BCUT2D eigenvalue weighted by Gasteiger charge is 2.75. The topological polar surface area (TPSA) is 43.4 Å². The Hall–Kier alpha value is -0.820. The molecule has 7 heteroatoms. The van der Waals surface area contributed by atoms with E-state index in [1.54, 1.807) is 6.92 Å². The van der Waals surface area contributed by atoms with E-state index in [1.807, 2.05) is 23.5 Å². The van der Waals surface area contributed by atoms with Gasteiger partial charge in [0.25, 0.3) is 0 Å². The monoisotopic (exact) mass is 470 g/mol. The molecule has 0 aromatic rings. The molecule has 4 rings (SSSR count). The molecule has 0 saturated heterocycles. The van der Waals surface area contributed by atoms with E-state index in [1.165, 1.54) is 25.2 Å². The fourth-order valence-corrected chi connectivity index (χ4v) is 10.4. The maximum Gasteiger partial charge on any atom is 0.303 e. The second kappa shape index (κ2) is 7.61. The van der Waals surface area contributed by atoms with E-state index < -0.39 is 35.2 Å². The summed E-state index contributed by atoms with van der Waals surface area (Å²) in [7, 11) is 0. The highest BCUT2D eigenvalue weighted by Crippen LogP contribution is 2.74. The van der Waals surface area contributed by atoms with Gasteiger partial charge in [-0.05, 0) is 73.7 Å².